The molecular formula is C9H16N2O2. The van der Waals surface area contributed by atoms with Crippen LogP contribution in [0.4, 0.5) is 0 Å². The van der Waals surface area contributed by atoms with Crippen molar-refractivity contribution in [3.05, 3.63) is 12.2 Å². The molecule has 0 saturated heterocycles. The number of nitrogens with one attached hydrogen (secondary N) is 1. The van der Waals surface area contributed by atoms with Crippen molar-refractivity contribution in [3.8, 4) is 0 Å². The van der Waals surface area contributed by atoms with Gasteiger partial charge in [-0.05, 0) is 20.8 Å². The minimum atomic E-state index is -0.547. The van der Waals surface area contributed by atoms with Crippen molar-refractivity contribution in [2.24, 2.45) is 5.73 Å². The van der Waals surface area contributed by atoms with E-state index in [0.717, 1.165) is 0 Å². The zero-order valence-corrected chi connectivity index (χ0v) is 8.31. The van der Waals surface area contributed by atoms with Gasteiger partial charge in [0.2, 0.25) is 11.8 Å². The number of carbonyl (C=O) groups is 2. The summed E-state index contributed by atoms with van der Waals surface area (Å²) in [6, 6.07) is 0. The Labute approximate surface area is 78.2 Å². The second kappa shape index (κ2) is 4.07. The summed E-state index contributed by atoms with van der Waals surface area (Å²) in [6.07, 6.45) is -0.0953. The first-order chi connectivity index (χ1) is 5.72. The fourth-order valence-electron chi connectivity index (χ4n) is 0.720. The summed E-state index contributed by atoms with van der Waals surface area (Å²) < 4.78 is 0. The summed E-state index contributed by atoms with van der Waals surface area (Å²) in [5.41, 5.74) is 4.79. The lowest BCUT2D eigenvalue weighted by Gasteiger charge is -2.20. The van der Waals surface area contributed by atoms with Crippen LogP contribution in [-0.2, 0) is 9.59 Å². The van der Waals surface area contributed by atoms with Crippen molar-refractivity contribution in [1.82, 2.24) is 5.32 Å². The van der Waals surface area contributed by atoms with Crippen LogP contribution in [0.25, 0.3) is 0 Å². The predicted molar refractivity (Wildman–Crippen MR) is 50.8 cm³/mol. The van der Waals surface area contributed by atoms with Gasteiger partial charge < -0.3 is 11.1 Å². The standard InChI is InChI=1S/C9H16N2O2/c1-6(5-7(10)12)8(13)11-9(2,3)4/h1,5H2,2-4H3,(H2,10,12)(H,11,13). The molecular weight excluding hydrogens is 168 g/mol. The van der Waals surface area contributed by atoms with Gasteiger partial charge in [0.25, 0.3) is 0 Å². The van der Waals surface area contributed by atoms with E-state index in [2.05, 4.69) is 11.9 Å². The molecule has 0 bridgehead atoms. The molecule has 0 aliphatic carbocycles. The van der Waals surface area contributed by atoms with Crippen LogP contribution in [0.2, 0.25) is 0 Å². The van der Waals surface area contributed by atoms with Gasteiger partial charge in [0.1, 0.15) is 0 Å². The number of primary amides is 1. The molecule has 0 radical (unpaired) electrons. The predicted octanol–water partition coefficient (Wildman–Crippen LogP) is 0.333. The lowest BCUT2D eigenvalue weighted by Crippen LogP contribution is -2.41. The number of rotatable bonds is 3. The van der Waals surface area contributed by atoms with Crippen molar-refractivity contribution in [2.75, 3.05) is 0 Å². The Morgan fingerprint density at radius 1 is 1.38 bits per heavy atom. The van der Waals surface area contributed by atoms with Crippen molar-refractivity contribution in [3.63, 3.8) is 0 Å². The summed E-state index contributed by atoms with van der Waals surface area (Å²) >= 11 is 0. The van der Waals surface area contributed by atoms with E-state index in [4.69, 9.17) is 5.73 Å². The average Bonchev–Trinajstić information content (AvgIpc) is 1.81. The van der Waals surface area contributed by atoms with E-state index in [1.54, 1.807) is 0 Å². The van der Waals surface area contributed by atoms with Gasteiger partial charge in [-0.15, -0.1) is 0 Å². The van der Waals surface area contributed by atoms with Crippen LogP contribution in [-0.4, -0.2) is 17.4 Å². The van der Waals surface area contributed by atoms with Crippen molar-refractivity contribution in [2.45, 2.75) is 32.7 Å². The molecule has 4 heteroatoms. The summed E-state index contributed by atoms with van der Waals surface area (Å²) in [5, 5.41) is 2.68. The van der Waals surface area contributed by atoms with E-state index in [-0.39, 0.29) is 23.4 Å². The highest BCUT2D eigenvalue weighted by Gasteiger charge is 2.16. The fraction of sp³-hybridized carbons (Fsp3) is 0.556. The maximum absolute atomic E-state index is 11.3. The van der Waals surface area contributed by atoms with Crippen LogP contribution in [0.1, 0.15) is 27.2 Å². The Hall–Kier alpha value is -1.32. The molecule has 0 aromatic rings. The lowest BCUT2D eigenvalue weighted by atomic mass is 10.1. The maximum atomic E-state index is 11.3. The van der Waals surface area contributed by atoms with Crippen LogP contribution in [0.15, 0.2) is 12.2 Å². The molecule has 0 saturated carbocycles. The maximum Gasteiger partial charge on any atom is 0.247 e. The zero-order valence-electron chi connectivity index (χ0n) is 8.31. The van der Waals surface area contributed by atoms with Crippen molar-refractivity contribution in [1.29, 1.82) is 0 Å². The van der Waals surface area contributed by atoms with Gasteiger partial charge in [-0.2, -0.15) is 0 Å². The Bertz CT molecular complexity index is 238. The summed E-state index contributed by atoms with van der Waals surface area (Å²) in [6.45, 7) is 9.02. The van der Waals surface area contributed by atoms with Gasteiger partial charge in [-0.25, -0.2) is 0 Å². The molecule has 13 heavy (non-hydrogen) atoms. The number of hydrogen-bond donors (Lipinski definition) is 2. The first-order valence-electron chi connectivity index (χ1n) is 4.01. The molecule has 0 aliphatic rings. The molecule has 0 aromatic carbocycles. The van der Waals surface area contributed by atoms with Gasteiger partial charge >= 0.3 is 0 Å². The number of nitrogens with two attached hydrogens (primary N) is 1. The average molecular weight is 184 g/mol. The minimum absolute atomic E-state index is 0.0953. The number of carbonyl (C=O) groups excluding carboxylic acids is 2. The Morgan fingerprint density at radius 2 is 1.85 bits per heavy atom. The topological polar surface area (TPSA) is 72.2 Å². The highest BCUT2D eigenvalue weighted by atomic mass is 16.2. The molecule has 0 aliphatic heterocycles. The number of hydrogen-bond acceptors (Lipinski definition) is 2. The molecule has 0 atom stereocenters. The molecule has 0 aromatic heterocycles. The van der Waals surface area contributed by atoms with Crippen LogP contribution >= 0.6 is 0 Å². The van der Waals surface area contributed by atoms with E-state index in [1.165, 1.54) is 0 Å². The molecule has 0 heterocycles. The summed E-state index contributed by atoms with van der Waals surface area (Å²) in [5.74, 6) is -0.875. The van der Waals surface area contributed by atoms with Gasteiger partial charge in [-0.3, -0.25) is 9.59 Å². The van der Waals surface area contributed by atoms with Crippen LogP contribution in [0.3, 0.4) is 0 Å². The van der Waals surface area contributed by atoms with E-state index in [1.807, 2.05) is 20.8 Å². The minimum Gasteiger partial charge on any atom is -0.369 e. The van der Waals surface area contributed by atoms with Gasteiger partial charge in [-0.1, -0.05) is 6.58 Å². The largest absolute Gasteiger partial charge is 0.369 e. The van der Waals surface area contributed by atoms with Crippen LogP contribution < -0.4 is 11.1 Å². The Balaban J connectivity index is 4.13. The Kier molecular flexibility index (Phi) is 3.66. The number of amides is 2. The Morgan fingerprint density at radius 3 is 2.15 bits per heavy atom. The second-order valence-electron chi connectivity index (χ2n) is 3.95. The SMILES string of the molecule is C=C(CC(N)=O)C(=O)NC(C)(C)C. The van der Waals surface area contributed by atoms with Gasteiger partial charge in [0.05, 0.1) is 6.42 Å². The third-order valence-corrected chi connectivity index (χ3v) is 1.20. The second-order valence-corrected chi connectivity index (χ2v) is 3.95. The van der Waals surface area contributed by atoms with E-state index in [9.17, 15) is 9.59 Å². The molecule has 0 unspecified atom stereocenters. The zero-order chi connectivity index (χ0) is 10.6. The first-order valence-corrected chi connectivity index (χ1v) is 4.01. The van der Waals surface area contributed by atoms with Crippen molar-refractivity contribution >= 4 is 11.8 Å². The molecule has 74 valence electrons. The summed E-state index contributed by atoms with van der Waals surface area (Å²) in [7, 11) is 0. The van der Waals surface area contributed by atoms with Crippen LogP contribution in [0, 0.1) is 0 Å². The highest BCUT2D eigenvalue weighted by Crippen LogP contribution is 2.03. The molecule has 3 N–H and O–H groups in total. The highest BCUT2D eigenvalue weighted by molar-refractivity contribution is 5.98. The monoisotopic (exact) mass is 184 g/mol. The molecule has 0 spiro atoms. The van der Waals surface area contributed by atoms with E-state index >= 15 is 0 Å². The first kappa shape index (κ1) is 11.7. The third-order valence-electron chi connectivity index (χ3n) is 1.20. The quantitative estimate of drug-likeness (QED) is 0.620. The van der Waals surface area contributed by atoms with Gasteiger partial charge in [0, 0.05) is 11.1 Å². The summed E-state index contributed by atoms with van der Waals surface area (Å²) in [4.78, 5) is 21.7. The molecule has 4 nitrogen and oxygen atoms in total. The normalized spacial score (nSPS) is 10.7. The smallest absolute Gasteiger partial charge is 0.247 e. The fourth-order valence-corrected chi connectivity index (χ4v) is 0.720. The molecule has 0 fully saturated rings. The van der Waals surface area contributed by atoms with E-state index < -0.39 is 5.91 Å². The molecule has 2 amide bonds. The van der Waals surface area contributed by atoms with Crippen LogP contribution in [0.5, 0.6) is 0 Å². The molecule has 0 rings (SSSR count). The van der Waals surface area contributed by atoms with Crippen molar-refractivity contribution < 1.29 is 9.59 Å². The van der Waals surface area contributed by atoms with E-state index in [0.29, 0.717) is 0 Å². The lowest BCUT2D eigenvalue weighted by molar-refractivity contribution is -0.122. The van der Waals surface area contributed by atoms with Gasteiger partial charge in [0.15, 0.2) is 0 Å². The third kappa shape index (κ3) is 5.90.